The molecule has 182 valence electrons. The molecule has 8 heteroatoms. The minimum Gasteiger partial charge on any atom is -0.504 e. The van der Waals surface area contributed by atoms with Crippen molar-refractivity contribution in [1.29, 1.82) is 0 Å². The highest BCUT2D eigenvalue weighted by atomic mass is 16.5. The van der Waals surface area contributed by atoms with Crippen molar-refractivity contribution in [1.82, 2.24) is 15.5 Å². The number of rotatable bonds is 6. The van der Waals surface area contributed by atoms with E-state index in [0.717, 1.165) is 17.7 Å². The SMILES string of the molecule is CCc1ccc(N2C(=O)NC(c3ccc(OC)c(O)c3)C(c3nc(-c4ccccc4)no3)=C2C)cc1. The van der Waals surface area contributed by atoms with Gasteiger partial charge in [-0.25, -0.2) is 4.79 Å². The number of aromatic hydroxyl groups is 1. The van der Waals surface area contributed by atoms with Crippen LogP contribution in [-0.2, 0) is 6.42 Å². The number of nitrogens with one attached hydrogen (secondary N) is 1. The number of hydrogen-bond donors (Lipinski definition) is 2. The van der Waals surface area contributed by atoms with E-state index in [1.807, 2.05) is 61.5 Å². The van der Waals surface area contributed by atoms with Gasteiger partial charge in [0.1, 0.15) is 0 Å². The van der Waals surface area contributed by atoms with Crippen molar-refractivity contribution < 1.29 is 19.2 Å². The fraction of sp³-hybridized carbons (Fsp3) is 0.179. The van der Waals surface area contributed by atoms with Gasteiger partial charge in [0.25, 0.3) is 5.89 Å². The molecule has 3 aromatic carbocycles. The van der Waals surface area contributed by atoms with E-state index in [1.165, 1.54) is 12.7 Å². The predicted molar refractivity (Wildman–Crippen MR) is 137 cm³/mol. The molecule has 2 heterocycles. The Labute approximate surface area is 208 Å². The Morgan fingerprint density at radius 3 is 2.50 bits per heavy atom. The van der Waals surface area contributed by atoms with Crippen molar-refractivity contribution in [2.45, 2.75) is 26.3 Å². The fourth-order valence-corrected chi connectivity index (χ4v) is 4.39. The number of nitrogens with zero attached hydrogens (tertiary/aromatic N) is 3. The van der Waals surface area contributed by atoms with Gasteiger partial charge in [0.15, 0.2) is 11.5 Å². The van der Waals surface area contributed by atoms with Crippen molar-refractivity contribution in [3.05, 3.63) is 95.5 Å². The van der Waals surface area contributed by atoms with Gasteiger partial charge in [-0.05, 0) is 48.7 Å². The van der Waals surface area contributed by atoms with Crippen LogP contribution in [0, 0.1) is 0 Å². The molecular formula is C28H26N4O4. The summed E-state index contributed by atoms with van der Waals surface area (Å²) < 4.78 is 10.9. The molecule has 0 radical (unpaired) electrons. The topological polar surface area (TPSA) is 101 Å². The van der Waals surface area contributed by atoms with E-state index in [4.69, 9.17) is 9.26 Å². The first kappa shape index (κ1) is 23.2. The molecule has 1 aromatic heterocycles. The van der Waals surface area contributed by atoms with Gasteiger partial charge in [-0.15, -0.1) is 0 Å². The van der Waals surface area contributed by atoms with Gasteiger partial charge in [0.2, 0.25) is 5.82 Å². The zero-order valence-electron chi connectivity index (χ0n) is 20.2. The molecule has 2 N–H and O–H groups in total. The number of carbonyl (C=O) groups excluding carboxylic acids is 1. The van der Waals surface area contributed by atoms with Crippen LogP contribution in [0.2, 0.25) is 0 Å². The summed E-state index contributed by atoms with van der Waals surface area (Å²) in [7, 11) is 1.48. The van der Waals surface area contributed by atoms with E-state index in [1.54, 1.807) is 23.1 Å². The highest BCUT2D eigenvalue weighted by Gasteiger charge is 2.36. The van der Waals surface area contributed by atoms with Gasteiger partial charge in [-0.3, -0.25) is 4.90 Å². The summed E-state index contributed by atoms with van der Waals surface area (Å²) in [5, 5.41) is 17.7. The molecule has 0 fully saturated rings. The number of hydrogen-bond acceptors (Lipinski definition) is 6. The maximum absolute atomic E-state index is 13.4. The summed E-state index contributed by atoms with van der Waals surface area (Å²) in [6, 6.07) is 21.4. The third-order valence-corrected chi connectivity index (χ3v) is 6.31. The summed E-state index contributed by atoms with van der Waals surface area (Å²) in [6.45, 7) is 3.94. The van der Waals surface area contributed by atoms with Crippen molar-refractivity contribution in [2.75, 3.05) is 12.0 Å². The summed E-state index contributed by atoms with van der Waals surface area (Å²) in [6.07, 6.45) is 0.903. The number of phenolic OH excluding ortho intramolecular Hbond substituents is 1. The first-order valence-corrected chi connectivity index (χ1v) is 11.7. The number of aryl methyl sites for hydroxylation is 1. The van der Waals surface area contributed by atoms with E-state index >= 15 is 0 Å². The number of benzene rings is 3. The molecule has 5 rings (SSSR count). The Hall–Kier alpha value is -4.59. The van der Waals surface area contributed by atoms with Gasteiger partial charge in [0.05, 0.1) is 24.4 Å². The summed E-state index contributed by atoms with van der Waals surface area (Å²) in [5.41, 5.74) is 4.64. The number of methoxy groups -OCH3 is 1. The molecule has 0 saturated carbocycles. The number of anilines is 1. The molecule has 4 aromatic rings. The van der Waals surface area contributed by atoms with E-state index in [-0.39, 0.29) is 17.7 Å². The average molecular weight is 483 g/mol. The smallest absolute Gasteiger partial charge is 0.326 e. The zero-order valence-corrected chi connectivity index (χ0v) is 20.2. The van der Waals surface area contributed by atoms with E-state index in [2.05, 4.69) is 22.4 Å². The van der Waals surface area contributed by atoms with Crippen LogP contribution in [0.4, 0.5) is 10.5 Å². The van der Waals surface area contributed by atoms with Crippen LogP contribution in [-0.4, -0.2) is 28.4 Å². The first-order chi connectivity index (χ1) is 17.5. The number of urea groups is 1. The number of aromatic nitrogens is 2. The zero-order chi connectivity index (χ0) is 25.2. The van der Waals surface area contributed by atoms with E-state index in [9.17, 15) is 9.90 Å². The summed E-state index contributed by atoms with van der Waals surface area (Å²) >= 11 is 0. The van der Waals surface area contributed by atoms with Gasteiger partial charge in [-0.2, -0.15) is 4.98 Å². The third-order valence-electron chi connectivity index (χ3n) is 6.31. The normalized spacial score (nSPS) is 15.7. The quantitative estimate of drug-likeness (QED) is 0.365. The Morgan fingerprint density at radius 2 is 1.83 bits per heavy atom. The van der Waals surface area contributed by atoms with Crippen LogP contribution < -0.4 is 15.0 Å². The molecule has 0 saturated heterocycles. The monoisotopic (exact) mass is 482 g/mol. The minimum absolute atomic E-state index is 0.0330. The van der Waals surface area contributed by atoms with Crippen LogP contribution in [0.3, 0.4) is 0 Å². The van der Waals surface area contributed by atoms with Crippen molar-refractivity contribution in [2.24, 2.45) is 0 Å². The van der Waals surface area contributed by atoms with Crippen LogP contribution in [0.1, 0.15) is 36.9 Å². The molecule has 0 spiro atoms. The van der Waals surface area contributed by atoms with Crippen LogP contribution in [0.15, 0.2) is 83.0 Å². The van der Waals surface area contributed by atoms with Crippen LogP contribution >= 0.6 is 0 Å². The number of phenols is 1. The fourth-order valence-electron chi connectivity index (χ4n) is 4.39. The maximum Gasteiger partial charge on any atom is 0.326 e. The second kappa shape index (κ2) is 9.58. The average Bonchev–Trinajstić information content (AvgIpc) is 3.39. The number of carbonyl (C=O) groups is 1. The number of allylic oxidation sites excluding steroid dienone is 1. The van der Waals surface area contributed by atoms with Crippen molar-refractivity contribution in [3.8, 4) is 22.9 Å². The summed E-state index contributed by atoms with van der Waals surface area (Å²) in [5.74, 6) is 1.03. The Bertz CT molecular complexity index is 1430. The molecule has 36 heavy (non-hydrogen) atoms. The third kappa shape index (κ3) is 4.17. The van der Waals surface area contributed by atoms with Crippen LogP contribution in [0.25, 0.3) is 17.0 Å². The standard InChI is InChI=1S/C28H26N4O4/c1-4-18-10-13-21(14-11-18)32-17(2)24(27-30-26(31-36-27)19-8-6-5-7-9-19)25(29-28(32)34)20-12-15-23(35-3)22(33)16-20/h5-16,25,33H,4H2,1-3H3,(H,29,34). The largest absolute Gasteiger partial charge is 0.504 e. The van der Waals surface area contributed by atoms with Crippen molar-refractivity contribution >= 4 is 17.3 Å². The minimum atomic E-state index is -0.635. The maximum atomic E-state index is 13.4. The van der Waals surface area contributed by atoms with Gasteiger partial charge < -0.3 is 19.7 Å². The molecule has 1 atom stereocenters. The summed E-state index contributed by atoms with van der Waals surface area (Å²) in [4.78, 5) is 19.6. The molecule has 1 unspecified atom stereocenters. The lowest BCUT2D eigenvalue weighted by Crippen LogP contribution is -2.46. The van der Waals surface area contributed by atoms with Gasteiger partial charge in [0, 0.05) is 11.3 Å². The van der Waals surface area contributed by atoms with E-state index < -0.39 is 6.04 Å². The highest BCUT2D eigenvalue weighted by Crippen LogP contribution is 2.41. The molecule has 2 amide bonds. The van der Waals surface area contributed by atoms with Crippen molar-refractivity contribution in [3.63, 3.8) is 0 Å². The number of amides is 2. The number of ether oxygens (including phenoxy) is 1. The lowest BCUT2D eigenvalue weighted by Gasteiger charge is -2.35. The molecule has 1 aliphatic heterocycles. The molecular weight excluding hydrogens is 456 g/mol. The highest BCUT2D eigenvalue weighted by molar-refractivity contribution is 6.01. The van der Waals surface area contributed by atoms with Gasteiger partial charge in [-0.1, -0.05) is 60.6 Å². The van der Waals surface area contributed by atoms with Crippen LogP contribution in [0.5, 0.6) is 11.5 Å². The predicted octanol–water partition coefficient (Wildman–Crippen LogP) is 5.72. The lowest BCUT2D eigenvalue weighted by molar-refractivity contribution is 0.244. The molecule has 8 nitrogen and oxygen atoms in total. The molecule has 0 bridgehead atoms. The second-order valence-electron chi connectivity index (χ2n) is 8.46. The Balaban J connectivity index is 1.65. The lowest BCUT2D eigenvalue weighted by atomic mass is 9.94. The first-order valence-electron chi connectivity index (χ1n) is 11.7. The van der Waals surface area contributed by atoms with E-state index in [0.29, 0.717) is 28.4 Å². The van der Waals surface area contributed by atoms with Gasteiger partial charge >= 0.3 is 6.03 Å². The second-order valence-corrected chi connectivity index (χ2v) is 8.46. The molecule has 1 aliphatic rings. The Kier molecular flexibility index (Phi) is 6.16. The molecule has 0 aliphatic carbocycles. The Morgan fingerprint density at radius 1 is 1.08 bits per heavy atom.